The second-order valence-corrected chi connectivity index (χ2v) is 7.16. The molecule has 5 rings (SSSR count). The largest absolute Gasteiger partial charge is 0.232 e. The number of benzene rings is 3. The quantitative estimate of drug-likeness (QED) is 0.354. The van der Waals surface area contributed by atoms with E-state index in [4.69, 9.17) is 5.10 Å². The highest BCUT2D eigenvalue weighted by Crippen LogP contribution is 2.36. The molecule has 0 aliphatic heterocycles. The van der Waals surface area contributed by atoms with Gasteiger partial charge in [-0.15, -0.1) is 0 Å². The van der Waals surface area contributed by atoms with Gasteiger partial charge in [0.2, 0.25) is 0 Å². The fourth-order valence-corrected chi connectivity index (χ4v) is 4.29. The van der Waals surface area contributed by atoms with Crippen molar-refractivity contribution in [3.05, 3.63) is 83.4 Å². The molecular weight excluding hydrogens is 316 g/mol. The van der Waals surface area contributed by atoms with Gasteiger partial charge in [0, 0.05) is 10.8 Å². The third kappa shape index (κ3) is 2.08. The number of nitrogens with zero attached hydrogens (tertiary/aromatic N) is 2. The Morgan fingerprint density at radius 1 is 0.692 bits per heavy atom. The summed E-state index contributed by atoms with van der Waals surface area (Å²) in [6, 6.07) is 23.8. The van der Waals surface area contributed by atoms with Gasteiger partial charge in [-0.2, -0.15) is 5.10 Å². The Bertz CT molecular complexity index is 1290. The molecule has 5 aromatic rings. The van der Waals surface area contributed by atoms with Gasteiger partial charge in [0.05, 0.1) is 16.6 Å². The first-order chi connectivity index (χ1) is 12.6. The zero-order valence-electron chi connectivity index (χ0n) is 15.2. The van der Waals surface area contributed by atoms with Crippen LogP contribution in [0.25, 0.3) is 38.4 Å². The van der Waals surface area contributed by atoms with E-state index in [2.05, 4.69) is 86.0 Å². The second kappa shape index (κ2) is 5.43. The minimum atomic E-state index is 1.03. The fourth-order valence-electron chi connectivity index (χ4n) is 4.29. The predicted molar refractivity (Wildman–Crippen MR) is 110 cm³/mol. The number of hydrogen-bond donors (Lipinski definition) is 0. The number of aromatic nitrogens is 2. The first-order valence-corrected chi connectivity index (χ1v) is 9.01. The maximum Gasteiger partial charge on any atom is 0.0934 e. The van der Waals surface area contributed by atoms with Gasteiger partial charge in [0.25, 0.3) is 0 Å². The molecule has 0 amide bonds. The molecule has 0 radical (unpaired) electrons. The van der Waals surface area contributed by atoms with Gasteiger partial charge in [-0.25, -0.2) is 4.52 Å². The SMILES string of the molecule is Cc1cc(C)c(-c2cc3c4ccccc4nn3c3ccccc23)c(C)c1. The highest BCUT2D eigenvalue weighted by atomic mass is 15.2. The number of pyridine rings is 1. The third-order valence-corrected chi connectivity index (χ3v) is 5.27. The van der Waals surface area contributed by atoms with Crippen LogP contribution in [0.1, 0.15) is 16.7 Å². The van der Waals surface area contributed by atoms with E-state index >= 15 is 0 Å². The van der Waals surface area contributed by atoms with E-state index in [1.165, 1.54) is 38.6 Å². The lowest BCUT2D eigenvalue weighted by molar-refractivity contribution is 1.03. The van der Waals surface area contributed by atoms with E-state index in [0.717, 1.165) is 16.6 Å². The summed E-state index contributed by atoms with van der Waals surface area (Å²) in [5.41, 5.74) is 9.91. The normalized spacial score (nSPS) is 11.7. The van der Waals surface area contributed by atoms with E-state index in [9.17, 15) is 0 Å². The molecule has 0 spiro atoms. The topological polar surface area (TPSA) is 17.3 Å². The van der Waals surface area contributed by atoms with E-state index < -0.39 is 0 Å². The highest BCUT2D eigenvalue weighted by molar-refractivity contribution is 6.05. The molecular formula is C24H20N2. The summed E-state index contributed by atoms with van der Waals surface area (Å²) in [6.07, 6.45) is 0. The van der Waals surface area contributed by atoms with Crippen molar-refractivity contribution in [3.63, 3.8) is 0 Å². The van der Waals surface area contributed by atoms with Gasteiger partial charge < -0.3 is 0 Å². The molecule has 0 atom stereocenters. The Hall–Kier alpha value is -3.13. The van der Waals surface area contributed by atoms with Crippen molar-refractivity contribution in [2.24, 2.45) is 0 Å². The molecule has 0 aliphatic rings. The fraction of sp³-hybridized carbons (Fsp3) is 0.125. The van der Waals surface area contributed by atoms with Crippen LogP contribution in [0, 0.1) is 20.8 Å². The zero-order valence-corrected chi connectivity index (χ0v) is 15.2. The Kier molecular flexibility index (Phi) is 3.17. The molecule has 126 valence electrons. The minimum Gasteiger partial charge on any atom is -0.232 e. The van der Waals surface area contributed by atoms with E-state index in [0.29, 0.717) is 0 Å². The molecule has 2 aromatic heterocycles. The lowest BCUT2D eigenvalue weighted by Crippen LogP contribution is -1.96. The number of para-hydroxylation sites is 1. The van der Waals surface area contributed by atoms with Crippen molar-refractivity contribution in [2.45, 2.75) is 20.8 Å². The van der Waals surface area contributed by atoms with E-state index in [-0.39, 0.29) is 0 Å². The highest BCUT2D eigenvalue weighted by Gasteiger charge is 2.15. The summed E-state index contributed by atoms with van der Waals surface area (Å²) in [5.74, 6) is 0. The molecule has 0 unspecified atom stereocenters. The maximum absolute atomic E-state index is 4.85. The molecule has 3 aromatic carbocycles. The molecule has 0 aliphatic carbocycles. The molecule has 0 bridgehead atoms. The van der Waals surface area contributed by atoms with E-state index in [1.807, 2.05) is 6.07 Å². The summed E-state index contributed by atoms with van der Waals surface area (Å²) in [4.78, 5) is 0. The monoisotopic (exact) mass is 336 g/mol. The van der Waals surface area contributed by atoms with Crippen LogP contribution in [-0.4, -0.2) is 9.61 Å². The summed E-state index contributed by atoms with van der Waals surface area (Å²) in [6.45, 7) is 6.58. The lowest BCUT2D eigenvalue weighted by atomic mass is 9.91. The van der Waals surface area contributed by atoms with Crippen LogP contribution < -0.4 is 0 Å². The lowest BCUT2D eigenvalue weighted by Gasteiger charge is -2.15. The number of rotatable bonds is 1. The Labute approximate surface area is 152 Å². The van der Waals surface area contributed by atoms with Gasteiger partial charge in [-0.3, -0.25) is 0 Å². The summed E-state index contributed by atoms with van der Waals surface area (Å²) >= 11 is 0. The molecule has 0 fully saturated rings. The third-order valence-electron chi connectivity index (χ3n) is 5.27. The van der Waals surface area contributed by atoms with Crippen molar-refractivity contribution in [3.8, 4) is 11.1 Å². The van der Waals surface area contributed by atoms with Gasteiger partial charge in [0.15, 0.2) is 0 Å². The Morgan fingerprint density at radius 2 is 1.35 bits per heavy atom. The molecule has 2 heterocycles. The van der Waals surface area contributed by atoms with Crippen molar-refractivity contribution in [1.82, 2.24) is 9.61 Å². The Balaban J connectivity index is 2.01. The summed E-state index contributed by atoms with van der Waals surface area (Å²) in [5, 5.41) is 7.29. The van der Waals surface area contributed by atoms with Crippen molar-refractivity contribution in [1.29, 1.82) is 0 Å². The molecule has 0 saturated heterocycles. The maximum atomic E-state index is 4.85. The van der Waals surface area contributed by atoms with Crippen molar-refractivity contribution >= 4 is 27.3 Å². The summed E-state index contributed by atoms with van der Waals surface area (Å²) in [7, 11) is 0. The van der Waals surface area contributed by atoms with Gasteiger partial charge in [-0.1, -0.05) is 54.1 Å². The average molecular weight is 336 g/mol. The van der Waals surface area contributed by atoms with Crippen LogP contribution in [-0.2, 0) is 0 Å². The number of aryl methyl sites for hydroxylation is 3. The van der Waals surface area contributed by atoms with Crippen LogP contribution in [0.5, 0.6) is 0 Å². The first-order valence-electron chi connectivity index (χ1n) is 9.01. The predicted octanol–water partition coefficient (Wildman–Crippen LogP) is 6.23. The van der Waals surface area contributed by atoms with Crippen LogP contribution in [0.3, 0.4) is 0 Å². The van der Waals surface area contributed by atoms with Gasteiger partial charge in [-0.05, 0) is 61.2 Å². The molecule has 2 heteroatoms. The van der Waals surface area contributed by atoms with Crippen LogP contribution in [0.15, 0.2) is 66.7 Å². The van der Waals surface area contributed by atoms with Crippen LogP contribution in [0.4, 0.5) is 0 Å². The van der Waals surface area contributed by atoms with Gasteiger partial charge in [0.1, 0.15) is 0 Å². The van der Waals surface area contributed by atoms with Crippen molar-refractivity contribution in [2.75, 3.05) is 0 Å². The number of hydrogen-bond acceptors (Lipinski definition) is 1. The number of fused-ring (bicyclic) bond motifs is 5. The second-order valence-electron chi connectivity index (χ2n) is 7.16. The average Bonchev–Trinajstić information content (AvgIpc) is 3.00. The molecule has 26 heavy (non-hydrogen) atoms. The standard InChI is InChI=1S/C24H20N2/c1-15-12-16(2)24(17(3)13-15)20-14-23-19-9-4-6-10-21(19)25-26(23)22-11-7-5-8-18(20)22/h4-14H,1-3H3. The molecule has 2 nitrogen and oxygen atoms in total. The van der Waals surface area contributed by atoms with Crippen LogP contribution in [0.2, 0.25) is 0 Å². The minimum absolute atomic E-state index is 1.03. The molecule has 0 N–H and O–H groups in total. The summed E-state index contributed by atoms with van der Waals surface area (Å²) < 4.78 is 2.09. The van der Waals surface area contributed by atoms with Gasteiger partial charge >= 0.3 is 0 Å². The smallest absolute Gasteiger partial charge is 0.0934 e. The zero-order chi connectivity index (χ0) is 17.8. The van der Waals surface area contributed by atoms with Crippen LogP contribution >= 0.6 is 0 Å². The van der Waals surface area contributed by atoms with Crippen molar-refractivity contribution < 1.29 is 0 Å². The first kappa shape index (κ1) is 15.2. The Morgan fingerprint density at radius 3 is 2.12 bits per heavy atom. The van der Waals surface area contributed by atoms with E-state index in [1.54, 1.807) is 0 Å². The molecule has 0 saturated carbocycles.